The zero-order valence-corrected chi connectivity index (χ0v) is 14.3. The average molecular weight is 342 g/mol. The molecular weight excluding hydrogens is 320 g/mol. The van der Waals surface area contributed by atoms with Crippen LogP contribution in [0.3, 0.4) is 0 Å². The van der Waals surface area contributed by atoms with Crippen LogP contribution in [0.2, 0.25) is 0 Å². The molecule has 0 bridgehead atoms. The number of benzene rings is 1. The van der Waals surface area contributed by atoms with Gasteiger partial charge in [0, 0.05) is 6.20 Å². The molecule has 0 saturated heterocycles. The maximum Gasteiger partial charge on any atom is 0.344 e. The number of hydrogen-bond acceptors (Lipinski definition) is 4. The number of amides is 1. The van der Waals surface area contributed by atoms with E-state index in [2.05, 4.69) is 24.1 Å². The lowest BCUT2D eigenvalue weighted by atomic mass is 9.97. The summed E-state index contributed by atoms with van der Waals surface area (Å²) in [6.07, 6.45) is 2.18. The monoisotopic (exact) mass is 342 g/mol. The Bertz CT molecular complexity index is 768. The van der Waals surface area contributed by atoms with Gasteiger partial charge < -0.3 is 15.0 Å². The van der Waals surface area contributed by atoms with Gasteiger partial charge in [-0.3, -0.25) is 9.59 Å². The number of carbonyl (C=O) groups is 2. The second-order valence-corrected chi connectivity index (χ2v) is 6.15. The SMILES string of the molecule is CC(C)C[C@H](NC(=O)COC(=O)c1ccc[nH]c1=O)c1ccccc1. The number of H-pyrrole nitrogens is 1. The van der Waals surface area contributed by atoms with Crippen LogP contribution in [0.5, 0.6) is 0 Å². The van der Waals surface area contributed by atoms with E-state index in [0.717, 1.165) is 12.0 Å². The molecule has 25 heavy (non-hydrogen) atoms. The third-order valence-corrected chi connectivity index (χ3v) is 3.62. The molecule has 2 rings (SSSR count). The number of carbonyl (C=O) groups excluding carboxylic acids is 2. The van der Waals surface area contributed by atoms with Crippen molar-refractivity contribution in [1.29, 1.82) is 0 Å². The lowest BCUT2D eigenvalue weighted by Crippen LogP contribution is -2.33. The van der Waals surface area contributed by atoms with Crippen molar-refractivity contribution in [2.75, 3.05) is 6.61 Å². The number of pyridine rings is 1. The van der Waals surface area contributed by atoms with E-state index < -0.39 is 24.0 Å². The maximum absolute atomic E-state index is 12.2. The van der Waals surface area contributed by atoms with Crippen molar-refractivity contribution in [3.63, 3.8) is 0 Å². The van der Waals surface area contributed by atoms with Gasteiger partial charge in [-0.15, -0.1) is 0 Å². The van der Waals surface area contributed by atoms with Gasteiger partial charge in [-0.1, -0.05) is 44.2 Å². The summed E-state index contributed by atoms with van der Waals surface area (Å²) in [6, 6.07) is 12.3. The van der Waals surface area contributed by atoms with Gasteiger partial charge in [-0.05, 0) is 30.0 Å². The zero-order chi connectivity index (χ0) is 18.2. The number of aromatic amines is 1. The Labute approximate surface area is 146 Å². The van der Waals surface area contributed by atoms with Crippen LogP contribution in [0.15, 0.2) is 53.5 Å². The predicted molar refractivity (Wildman–Crippen MR) is 94.1 cm³/mol. The summed E-state index contributed by atoms with van der Waals surface area (Å²) in [5, 5.41) is 2.88. The van der Waals surface area contributed by atoms with Crippen molar-refractivity contribution in [1.82, 2.24) is 10.3 Å². The fraction of sp³-hybridized carbons (Fsp3) is 0.316. The summed E-state index contributed by atoms with van der Waals surface area (Å²) in [4.78, 5) is 38.0. The Morgan fingerprint density at radius 1 is 1.12 bits per heavy atom. The van der Waals surface area contributed by atoms with Gasteiger partial charge in [0.15, 0.2) is 6.61 Å². The quantitative estimate of drug-likeness (QED) is 0.757. The number of ether oxygens (including phenoxy) is 1. The summed E-state index contributed by atoms with van der Waals surface area (Å²) >= 11 is 0. The summed E-state index contributed by atoms with van der Waals surface area (Å²) in [7, 11) is 0. The largest absolute Gasteiger partial charge is 0.452 e. The molecular formula is C19H22N2O4. The summed E-state index contributed by atoms with van der Waals surface area (Å²) in [5.41, 5.74) is 0.322. The number of esters is 1. The maximum atomic E-state index is 12.2. The first-order valence-electron chi connectivity index (χ1n) is 8.16. The van der Waals surface area contributed by atoms with Crippen LogP contribution >= 0.6 is 0 Å². The van der Waals surface area contributed by atoms with Crippen LogP contribution in [0, 0.1) is 5.92 Å². The minimum Gasteiger partial charge on any atom is -0.452 e. The Morgan fingerprint density at radius 2 is 1.84 bits per heavy atom. The first-order chi connectivity index (χ1) is 12.0. The van der Waals surface area contributed by atoms with Gasteiger partial charge in [-0.2, -0.15) is 0 Å². The molecule has 2 aromatic rings. The molecule has 0 spiro atoms. The third kappa shape index (κ3) is 5.60. The van der Waals surface area contributed by atoms with Crippen LogP contribution in [-0.2, 0) is 9.53 Å². The van der Waals surface area contributed by atoms with Crippen LogP contribution in [0.1, 0.15) is 42.2 Å². The molecule has 0 fully saturated rings. The number of aromatic nitrogens is 1. The third-order valence-electron chi connectivity index (χ3n) is 3.62. The van der Waals surface area contributed by atoms with Crippen LogP contribution in [0.4, 0.5) is 0 Å². The normalized spacial score (nSPS) is 11.8. The fourth-order valence-electron chi connectivity index (χ4n) is 2.46. The smallest absolute Gasteiger partial charge is 0.344 e. The van der Waals surface area contributed by atoms with Gasteiger partial charge in [0.25, 0.3) is 11.5 Å². The Kier molecular flexibility index (Phi) is 6.51. The summed E-state index contributed by atoms with van der Waals surface area (Å²) in [6.45, 7) is 3.71. The topological polar surface area (TPSA) is 88.3 Å². The summed E-state index contributed by atoms with van der Waals surface area (Å²) in [5.74, 6) is -0.844. The first-order valence-corrected chi connectivity index (χ1v) is 8.16. The van der Waals surface area contributed by atoms with Crippen molar-refractivity contribution in [3.8, 4) is 0 Å². The van der Waals surface area contributed by atoms with Crippen molar-refractivity contribution in [2.24, 2.45) is 5.92 Å². The Morgan fingerprint density at radius 3 is 2.48 bits per heavy atom. The number of hydrogen-bond donors (Lipinski definition) is 2. The lowest BCUT2D eigenvalue weighted by Gasteiger charge is -2.21. The van der Waals surface area contributed by atoms with Crippen molar-refractivity contribution < 1.29 is 14.3 Å². The molecule has 1 aromatic heterocycles. The predicted octanol–water partition coefficient (Wildman–Crippen LogP) is 2.44. The van der Waals surface area contributed by atoms with Crippen LogP contribution in [-0.4, -0.2) is 23.5 Å². The molecule has 1 atom stereocenters. The zero-order valence-electron chi connectivity index (χ0n) is 14.3. The van der Waals surface area contributed by atoms with Gasteiger partial charge in [0.2, 0.25) is 0 Å². The van der Waals surface area contributed by atoms with E-state index in [-0.39, 0.29) is 11.6 Å². The average Bonchev–Trinajstić information content (AvgIpc) is 2.60. The second kappa shape index (κ2) is 8.82. The van der Waals surface area contributed by atoms with E-state index in [4.69, 9.17) is 4.74 Å². The molecule has 6 heteroatoms. The highest BCUT2D eigenvalue weighted by atomic mass is 16.5. The molecule has 0 aliphatic rings. The summed E-state index contributed by atoms with van der Waals surface area (Å²) < 4.78 is 4.94. The Balaban J connectivity index is 1.96. The molecule has 0 aliphatic heterocycles. The molecule has 6 nitrogen and oxygen atoms in total. The molecule has 2 N–H and O–H groups in total. The van der Waals surface area contributed by atoms with E-state index >= 15 is 0 Å². The van der Waals surface area contributed by atoms with E-state index in [1.807, 2.05) is 30.3 Å². The fourth-order valence-corrected chi connectivity index (χ4v) is 2.46. The minimum atomic E-state index is -0.822. The highest BCUT2D eigenvalue weighted by molar-refractivity contribution is 5.90. The van der Waals surface area contributed by atoms with Crippen LogP contribution in [0.25, 0.3) is 0 Å². The molecule has 0 radical (unpaired) electrons. The van der Waals surface area contributed by atoms with Gasteiger partial charge in [0.05, 0.1) is 6.04 Å². The van der Waals surface area contributed by atoms with E-state index in [9.17, 15) is 14.4 Å². The van der Waals surface area contributed by atoms with Crippen molar-refractivity contribution >= 4 is 11.9 Å². The van der Waals surface area contributed by atoms with Gasteiger partial charge >= 0.3 is 5.97 Å². The molecule has 1 amide bonds. The van der Waals surface area contributed by atoms with Crippen molar-refractivity contribution in [3.05, 3.63) is 70.1 Å². The standard InChI is InChI=1S/C19H22N2O4/c1-13(2)11-16(14-7-4-3-5-8-14)21-17(22)12-25-19(24)15-9-6-10-20-18(15)23/h3-10,13,16H,11-12H2,1-2H3,(H,20,23)(H,21,22)/t16-/m0/s1. The van der Waals surface area contributed by atoms with Gasteiger partial charge in [0.1, 0.15) is 5.56 Å². The molecule has 0 unspecified atom stereocenters. The highest BCUT2D eigenvalue weighted by Crippen LogP contribution is 2.20. The Hall–Kier alpha value is -2.89. The molecule has 1 heterocycles. The molecule has 1 aromatic carbocycles. The van der Waals surface area contributed by atoms with E-state index in [1.165, 1.54) is 18.3 Å². The number of rotatable bonds is 7. The highest BCUT2D eigenvalue weighted by Gasteiger charge is 2.18. The minimum absolute atomic E-state index is 0.128. The molecule has 0 aliphatic carbocycles. The van der Waals surface area contributed by atoms with E-state index in [0.29, 0.717) is 5.92 Å². The lowest BCUT2D eigenvalue weighted by molar-refractivity contribution is -0.125. The number of nitrogens with one attached hydrogen (secondary N) is 2. The van der Waals surface area contributed by atoms with E-state index in [1.54, 1.807) is 0 Å². The second-order valence-electron chi connectivity index (χ2n) is 6.15. The van der Waals surface area contributed by atoms with Crippen molar-refractivity contribution in [2.45, 2.75) is 26.3 Å². The molecule has 132 valence electrons. The van der Waals surface area contributed by atoms with Gasteiger partial charge in [-0.25, -0.2) is 4.79 Å². The molecule has 0 saturated carbocycles. The van der Waals surface area contributed by atoms with Crippen LogP contribution < -0.4 is 10.9 Å². The first kappa shape index (κ1) is 18.4.